The SMILES string of the molecule is c1ccc2c(c1)sc1ccccc12.c1ccc2c(c1)sc1ccccc12.c1ccsc1. The fourth-order valence-corrected chi connectivity index (χ4v) is 6.24. The average molecular weight is 453 g/mol. The van der Waals surface area contributed by atoms with Crippen LogP contribution in [0.5, 0.6) is 0 Å². The maximum atomic E-state index is 2.19. The lowest BCUT2D eigenvalue weighted by atomic mass is 10.2. The molecule has 0 saturated carbocycles. The van der Waals surface area contributed by atoms with Crippen LogP contribution in [0.4, 0.5) is 0 Å². The predicted octanol–water partition coefficient (Wildman–Crippen LogP) is 9.86. The second-order valence-corrected chi connectivity index (χ2v) is 9.97. The summed E-state index contributed by atoms with van der Waals surface area (Å²) < 4.78 is 5.51. The zero-order chi connectivity index (χ0) is 20.9. The molecule has 0 fully saturated rings. The molecule has 0 bridgehead atoms. The third-order valence-corrected chi connectivity index (χ3v) is 7.93. The van der Waals surface area contributed by atoms with Gasteiger partial charge in [-0.15, -0.1) is 22.7 Å². The van der Waals surface area contributed by atoms with Crippen molar-refractivity contribution >= 4 is 74.4 Å². The Hall–Kier alpha value is -2.98. The Bertz CT molecular complexity index is 1310. The average Bonchev–Trinajstić information content (AvgIpc) is 3.59. The molecule has 7 rings (SSSR count). The van der Waals surface area contributed by atoms with Gasteiger partial charge in [-0.3, -0.25) is 0 Å². The van der Waals surface area contributed by atoms with Gasteiger partial charge in [-0.05, 0) is 35.0 Å². The summed E-state index contributed by atoms with van der Waals surface area (Å²) in [5.41, 5.74) is 0. The van der Waals surface area contributed by atoms with Gasteiger partial charge in [0.1, 0.15) is 0 Å². The second-order valence-electron chi connectivity index (χ2n) is 6.98. The van der Waals surface area contributed by atoms with E-state index >= 15 is 0 Å². The standard InChI is InChI=1S/2C12H8S.C4H4S/c2*1-3-7-11-9(5-1)10-6-2-4-8-12(10)13-11;1-2-4-5-3-1/h2*1-8H;1-4H. The highest BCUT2D eigenvalue weighted by Crippen LogP contribution is 2.33. The molecule has 31 heavy (non-hydrogen) atoms. The van der Waals surface area contributed by atoms with Crippen LogP contribution in [-0.2, 0) is 0 Å². The summed E-state index contributed by atoms with van der Waals surface area (Å²) in [4.78, 5) is 0. The van der Waals surface area contributed by atoms with Gasteiger partial charge in [0.25, 0.3) is 0 Å². The molecule has 0 aliphatic heterocycles. The van der Waals surface area contributed by atoms with Crippen molar-refractivity contribution in [3.63, 3.8) is 0 Å². The van der Waals surface area contributed by atoms with Gasteiger partial charge in [0, 0.05) is 40.3 Å². The summed E-state index contributed by atoms with van der Waals surface area (Å²) in [5, 5.41) is 9.59. The fourth-order valence-electron chi connectivity index (χ4n) is 3.58. The first kappa shape index (κ1) is 20.0. The second kappa shape index (κ2) is 9.44. The van der Waals surface area contributed by atoms with Gasteiger partial charge in [0.15, 0.2) is 0 Å². The molecular formula is C28H20S3. The highest BCUT2D eigenvalue weighted by atomic mass is 32.1. The van der Waals surface area contributed by atoms with Crippen LogP contribution in [0.2, 0.25) is 0 Å². The molecule has 150 valence electrons. The van der Waals surface area contributed by atoms with Crippen LogP contribution in [0.3, 0.4) is 0 Å². The summed E-state index contributed by atoms with van der Waals surface area (Å²) in [6.07, 6.45) is 0. The molecule has 0 amide bonds. The van der Waals surface area contributed by atoms with Crippen LogP contribution in [0.25, 0.3) is 40.3 Å². The van der Waals surface area contributed by atoms with Gasteiger partial charge in [-0.25, -0.2) is 0 Å². The molecule has 4 aromatic carbocycles. The van der Waals surface area contributed by atoms with E-state index in [0.29, 0.717) is 0 Å². The van der Waals surface area contributed by atoms with Crippen LogP contribution < -0.4 is 0 Å². The third-order valence-electron chi connectivity index (χ3n) is 4.99. The van der Waals surface area contributed by atoms with E-state index in [9.17, 15) is 0 Å². The molecule has 0 unspecified atom stereocenters. The molecule has 0 N–H and O–H groups in total. The number of rotatable bonds is 0. The van der Waals surface area contributed by atoms with E-state index in [2.05, 4.69) is 97.1 Å². The van der Waals surface area contributed by atoms with E-state index in [1.54, 1.807) is 11.3 Å². The molecule has 0 saturated heterocycles. The summed E-state index contributed by atoms with van der Waals surface area (Å²) >= 11 is 5.44. The minimum absolute atomic E-state index is 1.38. The van der Waals surface area contributed by atoms with E-state index < -0.39 is 0 Å². The molecule has 0 spiro atoms. The molecule has 0 aliphatic carbocycles. The van der Waals surface area contributed by atoms with Crippen LogP contribution in [0.1, 0.15) is 0 Å². The number of hydrogen-bond donors (Lipinski definition) is 0. The fraction of sp³-hybridized carbons (Fsp3) is 0. The Balaban J connectivity index is 0.000000108. The number of thiophene rings is 3. The minimum atomic E-state index is 1.38. The van der Waals surface area contributed by atoms with Gasteiger partial charge in [0.2, 0.25) is 0 Å². The normalized spacial score (nSPS) is 10.6. The molecule has 3 aromatic heterocycles. The molecule has 0 nitrogen and oxygen atoms in total. The summed E-state index contributed by atoms with van der Waals surface area (Å²) in [7, 11) is 0. The summed E-state index contributed by atoms with van der Waals surface area (Å²) in [6, 6.07) is 38.3. The van der Waals surface area contributed by atoms with Crippen LogP contribution in [-0.4, -0.2) is 0 Å². The molecule has 0 aliphatic rings. The van der Waals surface area contributed by atoms with Gasteiger partial charge >= 0.3 is 0 Å². The van der Waals surface area contributed by atoms with Crippen LogP contribution in [0.15, 0.2) is 120 Å². The topological polar surface area (TPSA) is 0 Å². The van der Waals surface area contributed by atoms with Crippen molar-refractivity contribution < 1.29 is 0 Å². The zero-order valence-corrected chi connectivity index (χ0v) is 19.2. The monoisotopic (exact) mass is 452 g/mol. The van der Waals surface area contributed by atoms with Crippen LogP contribution >= 0.6 is 34.0 Å². The van der Waals surface area contributed by atoms with Crippen molar-refractivity contribution in [3.05, 3.63) is 120 Å². The summed E-state index contributed by atoms with van der Waals surface area (Å²) in [6.45, 7) is 0. The lowest BCUT2D eigenvalue weighted by molar-refractivity contribution is 1.84. The highest BCUT2D eigenvalue weighted by molar-refractivity contribution is 7.26. The first-order chi connectivity index (χ1) is 15.4. The van der Waals surface area contributed by atoms with E-state index in [4.69, 9.17) is 0 Å². The van der Waals surface area contributed by atoms with Gasteiger partial charge in [-0.2, -0.15) is 11.3 Å². The quantitative estimate of drug-likeness (QED) is 0.215. The van der Waals surface area contributed by atoms with Gasteiger partial charge < -0.3 is 0 Å². The smallest absolute Gasteiger partial charge is 0.0355 e. The number of hydrogen-bond acceptors (Lipinski definition) is 3. The molecule has 3 heterocycles. The van der Waals surface area contributed by atoms with E-state index in [1.165, 1.54) is 40.3 Å². The van der Waals surface area contributed by atoms with Crippen molar-refractivity contribution in [2.24, 2.45) is 0 Å². The number of benzene rings is 4. The largest absolute Gasteiger partial charge is 0.152 e. The Kier molecular flexibility index (Phi) is 6.08. The number of fused-ring (bicyclic) bond motifs is 6. The van der Waals surface area contributed by atoms with Crippen molar-refractivity contribution in [2.75, 3.05) is 0 Å². The van der Waals surface area contributed by atoms with Crippen molar-refractivity contribution in [2.45, 2.75) is 0 Å². The Morgan fingerprint density at radius 3 is 0.871 bits per heavy atom. The predicted molar refractivity (Wildman–Crippen MR) is 143 cm³/mol. The Labute approximate surface area is 193 Å². The lowest BCUT2D eigenvalue weighted by Gasteiger charge is -1.88. The van der Waals surface area contributed by atoms with Crippen molar-refractivity contribution in [1.29, 1.82) is 0 Å². The summed E-state index contributed by atoms with van der Waals surface area (Å²) in [5.74, 6) is 0. The molecule has 3 heteroatoms. The van der Waals surface area contributed by atoms with Crippen LogP contribution in [0, 0.1) is 0 Å². The van der Waals surface area contributed by atoms with Gasteiger partial charge in [0.05, 0.1) is 0 Å². The van der Waals surface area contributed by atoms with Crippen molar-refractivity contribution in [3.8, 4) is 0 Å². The van der Waals surface area contributed by atoms with E-state index in [0.717, 1.165) is 0 Å². The first-order valence-corrected chi connectivity index (χ1v) is 12.7. The zero-order valence-electron chi connectivity index (χ0n) is 16.8. The van der Waals surface area contributed by atoms with E-state index in [1.807, 2.05) is 45.6 Å². The maximum absolute atomic E-state index is 2.19. The Morgan fingerprint density at radius 1 is 0.323 bits per heavy atom. The molecular weight excluding hydrogens is 433 g/mol. The van der Waals surface area contributed by atoms with Gasteiger partial charge in [-0.1, -0.05) is 84.9 Å². The minimum Gasteiger partial charge on any atom is -0.152 e. The highest BCUT2D eigenvalue weighted by Gasteiger charge is 2.02. The Morgan fingerprint density at radius 2 is 0.613 bits per heavy atom. The third kappa shape index (κ3) is 4.40. The van der Waals surface area contributed by atoms with Crippen molar-refractivity contribution in [1.82, 2.24) is 0 Å². The molecule has 0 atom stereocenters. The first-order valence-electron chi connectivity index (χ1n) is 10.1. The lowest BCUT2D eigenvalue weighted by Crippen LogP contribution is -1.62. The maximum Gasteiger partial charge on any atom is 0.0355 e. The van der Waals surface area contributed by atoms with E-state index in [-0.39, 0.29) is 0 Å². The molecule has 0 radical (unpaired) electrons. The molecule has 7 aromatic rings.